The van der Waals surface area contributed by atoms with Gasteiger partial charge in [-0.05, 0) is 160 Å². The number of hydrogen-bond acceptors (Lipinski definition) is 2. The third-order valence-electron chi connectivity index (χ3n) is 15.0. The Hall–Kier alpha value is -4.27. The summed E-state index contributed by atoms with van der Waals surface area (Å²) in [5, 5.41) is 2.59. The molecule has 4 fully saturated rings. The van der Waals surface area contributed by atoms with E-state index in [2.05, 4.69) is 160 Å². The van der Waals surface area contributed by atoms with Crippen LogP contribution in [0.25, 0.3) is 21.9 Å². The molecule has 0 N–H and O–H groups in total. The van der Waals surface area contributed by atoms with E-state index in [0.717, 1.165) is 23.7 Å². The highest BCUT2D eigenvalue weighted by Crippen LogP contribution is 2.69. The van der Waals surface area contributed by atoms with Gasteiger partial charge in [0.05, 0.1) is 5.69 Å². The molecular weight excluding hydrogens is 671 g/mol. The Balaban J connectivity index is 1.12. The third-order valence-corrected chi connectivity index (χ3v) is 16.2. The SMILES string of the molecule is CC1(C)CCC(C)(C)c2cc(N(c3ccc(-c4cccc5ccccc45)cc3)c3cccc4c3Sc3ccccc3C43C4CC5CC(C4)CC3C5)ccc21. The van der Waals surface area contributed by atoms with Crippen molar-refractivity contribution in [2.24, 2.45) is 23.7 Å². The fourth-order valence-corrected chi connectivity index (χ4v) is 13.8. The highest BCUT2D eigenvalue weighted by molar-refractivity contribution is 7.99. The van der Waals surface area contributed by atoms with Crippen molar-refractivity contribution in [3.05, 3.63) is 150 Å². The maximum atomic E-state index is 2.62. The smallest absolute Gasteiger partial charge is 0.0604 e. The van der Waals surface area contributed by atoms with Gasteiger partial charge in [0.2, 0.25) is 0 Å². The molecule has 270 valence electrons. The molecule has 6 aliphatic rings. The minimum atomic E-state index is 0.104. The first-order chi connectivity index (χ1) is 26.2. The van der Waals surface area contributed by atoms with Gasteiger partial charge >= 0.3 is 0 Å². The van der Waals surface area contributed by atoms with Gasteiger partial charge in [-0.1, -0.05) is 130 Å². The molecule has 1 nitrogen and oxygen atoms in total. The molecule has 1 heterocycles. The van der Waals surface area contributed by atoms with Crippen LogP contribution in [0.2, 0.25) is 0 Å². The van der Waals surface area contributed by atoms with E-state index in [1.54, 1.807) is 11.1 Å². The van der Waals surface area contributed by atoms with Gasteiger partial charge < -0.3 is 4.90 Å². The average molecular weight is 722 g/mol. The molecule has 1 spiro atoms. The molecule has 5 aliphatic carbocycles. The Morgan fingerprint density at radius 1 is 0.537 bits per heavy atom. The van der Waals surface area contributed by atoms with E-state index in [0.29, 0.717) is 0 Å². The summed E-state index contributed by atoms with van der Waals surface area (Å²) in [6.45, 7) is 9.80. The van der Waals surface area contributed by atoms with Crippen molar-refractivity contribution in [3.63, 3.8) is 0 Å². The largest absolute Gasteiger partial charge is 0.309 e. The summed E-state index contributed by atoms with van der Waals surface area (Å²) >= 11 is 2.03. The number of benzene rings is 6. The molecule has 0 saturated heterocycles. The van der Waals surface area contributed by atoms with Gasteiger partial charge in [-0.15, -0.1) is 0 Å². The number of hydrogen-bond donors (Lipinski definition) is 0. The zero-order valence-electron chi connectivity index (χ0n) is 32.2. The maximum Gasteiger partial charge on any atom is 0.0604 e. The molecule has 4 saturated carbocycles. The van der Waals surface area contributed by atoms with Crippen LogP contribution < -0.4 is 4.90 Å². The molecule has 4 bridgehead atoms. The van der Waals surface area contributed by atoms with E-state index in [9.17, 15) is 0 Å². The third kappa shape index (κ3) is 4.78. The minimum Gasteiger partial charge on any atom is -0.309 e. The number of anilines is 3. The monoisotopic (exact) mass is 721 g/mol. The summed E-state index contributed by atoms with van der Waals surface area (Å²) in [6.07, 6.45) is 9.47. The van der Waals surface area contributed by atoms with Crippen LogP contribution in [0.5, 0.6) is 0 Å². The summed E-state index contributed by atoms with van der Waals surface area (Å²) in [4.78, 5) is 5.57. The molecule has 1 aliphatic heterocycles. The first-order valence-corrected chi connectivity index (χ1v) is 21.5. The van der Waals surface area contributed by atoms with Crippen LogP contribution >= 0.6 is 11.8 Å². The Bertz CT molecular complexity index is 2420. The van der Waals surface area contributed by atoms with Crippen LogP contribution in [0.4, 0.5) is 17.1 Å². The molecule has 0 amide bonds. The lowest BCUT2D eigenvalue weighted by Gasteiger charge is -2.63. The van der Waals surface area contributed by atoms with E-state index in [1.165, 1.54) is 105 Å². The second kappa shape index (κ2) is 11.9. The van der Waals surface area contributed by atoms with Crippen LogP contribution in [-0.4, -0.2) is 0 Å². The van der Waals surface area contributed by atoms with Gasteiger partial charge in [-0.25, -0.2) is 0 Å². The summed E-state index contributed by atoms with van der Waals surface area (Å²) in [5.41, 5.74) is 13.0. The molecular formula is C52H51NS. The van der Waals surface area contributed by atoms with Crippen molar-refractivity contribution in [1.29, 1.82) is 0 Å². The zero-order valence-corrected chi connectivity index (χ0v) is 33.1. The lowest BCUT2D eigenvalue weighted by atomic mass is 9.42. The topological polar surface area (TPSA) is 3.24 Å². The van der Waals surface area contributed by atoms with Crippen molar-refractivity contribution >= 4 is 39.6 Å². The summed E-state index contributed by atoms with van der Waals surface area (Å²) in [5.74, 6) is 3.30. The first kappa shape index (κ1) is 33.1. The van der Waals surface area contributed by atoms with Gasteiger partial charge in [-0.3, -0.25) is 0 Å². The summed E-state index contributed by atoms with van der Waals surface area (Å²) < 4.78 is 0. The van der Waals surface area contributed by atoms with Crippen molar-refractivity contribution in [2.45, 2.75) is 98.7 Å². The predicted octanol–water partition coefficient (Wildman–Crippen LogP) is 14.5. The normalized spacial score (nSPS) is 26.7. The van der Waals surface area contributed by atoms with Gasteiger partial charge in [0, 0.05) is 26.6 Å². The van der Waals surface area contributed by atoms with Crippen LogP contribution in [0.3, 0.4) is 0 Å². The summed E-state index contributed by atoms with van der Waals surface area (Å²) in [6, 6.07) is 49.3. The molecule has 54 heavy (non-hydrogen) atoms. The van der Waals surface area contributed by atoms with E-state index < -0.39 is 0 Å². The van der Waals surface area contributed by atoms with Crippen LogP contribution in [-0.2, 0) is 16.2 Å². The van der Waals surface area contributed by atoms with Gasteiger partial charge in [0.25, 0.3) is 0 Å². The number of rotatable bonds is 4. The van der Waals surface area contributed by atoms with E-state index in [-0.39, 0.29) is 16.2 Å². The van der Waals surface area contributed by atoms with E-state index in [1.807, 2.05) is 11.8 Å². The first-order valence-electron chi connectivity index (χ1n) is 20.6. The second-order valence-electron chi connectivity index (χ2n) is 18.8. The molecule has 12 rings (SSSR count). The Morgan fingerprint density at radius 2 is 1.17 bits per heavy atom. The zero-order chi connectivity index (χ0) is 36.4. The predicted molar refractivity (Wildman–Crippen MR) is 228 cm³/mol. The lowest BCUT2D eigenvalue weighted by Crippen LogP contribution is -2.57. The highest BCUT2D eigenvalue weighted by Gasteiger charge is 2.61. The Labute approximate surface area is 326 Å². The Kier molecular flexibility index (Phi) is 7.27. The second-order valence-corrected chi connectivity index (χ2v) is 19.9. The minimum absolute atomic E-state index is 0.104. The lowest BCUT2D eigenvalue weighted by molar-refractivity contribution is -0.0443. The fraction of sp³-hybridized carbons (Fsp3) is 0.346. The highest BCUT2D eigenvalue weighted by atomic mass is 32.2. The van der Waals surface area contributed by atoms with Crippen molar-refractivity contribution in [3.8, 4) is 11.1 Å². The Morgan fingerprint density at radius 3 is 1.94 bits per heavy atom. The molecule has 0 radical (unpaired) electrons. The van der Waals surface area contributed by atoms with Crippen molar-refractivity contribution in [1.82, 2.24) is 0 Å². The molecule has 0 atom stereocenters. The van der Waals surface area contributed by atoms with Gasteiger partial charge in [-0.2, -0.15) is 0 Å². The maximum absolute atomic E-state index is 2.62. The fourth-order valence-electron chi connectivity index (χ4n) is 12.5. The molecule has 6 aromatic rings. The standard InChI is InChI=1S/C52H51NS/c1-50(2)25-26-51(3,4)46-32-40(23-24-43(46)50)53(39-21-19-36(20-22-39)42-14-9-12-35-11-5-6-13-41(35)42)47-17-10-16-45-49(47)54-48-18-8-7-15-44(48)52(45)37-28-33-27-34(30-37)31-38(52)29-33/h5-24,32-34,37-38H,25-31H2,1-4H3. The average Bonchev–Trinajstić information content (AvgIpc) is 3.18. The molecule has 2 heteroatoms. The van der Waals surface area contributed by atoms with Crippen LogP contribution in [0.1, 0.15) is 94.9 Å². The molecule has 0 aromatic heterocycles. The van der Waals surface area contributed by atoms with Crippen LogP contribution in [0.15, 0.2) is 137 Å². The van der Waals surface area contributed by atoms with Gasteiger partial charge in [0.15, 0.2) is 0 Å². The van der Waals surface area contributed by atoms with E-state index in [4.69, 9.17) is 0 Å². The van der Waals surface area contributed by atoms with Crippen molar-refractivity contribution in [2.75, 3.05) is 4.90 Å². The molecule has 6 aromatic carbocycles. The number of nitrogens with zero attached hydrogens (tertiary/aromatic N) is 1. The van der Waals surface area contributed by atoms with Crippen molar-refractivity contribution < 1.29 is 0 Å². The number of fused-ring (bicyclic) bond motifs is 4. The quantitative estimate of drug-likeness (QED) is 0.178. The summed E-state index contributed by atoms with van der Waals surface area (Å²) in [7, 11) is 0. The van der Waals surface area contributed by atoms with Crippen LogP contribution in [0, 0.1) is 23.7 Å². The van der Waals surface area contributed by atoms with Gasteiger partial charge in [0.1, 0.15) is 0 Å². The van der Waals surface area contributed by atoms with E-state index >= 15 is 0 Å². The molecule has 0 unspecified atom stereocenters.